The number of carbonyl (C=O) groups is 2. The zero-order valence-electron chi connectivity index (χ0n) is 42.7. The molecule has 3 heterocycles. The smallest absolute Gasteiger partial charge is 0.313 e. The molecule has 73 heavy (non-hydrogen) atoms. The Labute approximate surface area is 427 Å². The number of imidazole rings is 1. The lowest BCUT2D eigenvalue weighted by atomic mass is 9.80. The van der Waals surface area contributed by atoms with Gasteiger partial charge in [0.05, 0.1) is 51.7 Å². The molecule has 19 heteroatoms. The van der Waals surface area contributed by atoms with Crippen molar-refractivity contribution in [2.45, 2.75) is 97.1 Å². The van der Waals surface area contributed by atoms with Crippen molar-refractivity contribution in [1.29, 1.82) is 5.26 Å². The van der Waals surface area contributed by atoms with Crippen LogP contribution < -0.4 is 19.5 Å². The first-order valence-electron chi connectivity index (χ1n) is 24.0. The molecule has 0 saturated carbocycles. The first kappa shape index (κ1) is 54.2. The third-order valence-electron chi connectivity index (χ3n) is 11.9. The van der Waals surface area contributed by atoms with Crippen LogP contribution in [0.1, 0.15) is 77.8 Å². The number of esters is 1. The number of amides is 1. The molecule has 18 nitrogen and oxygen atoms in total. The minimum Gasteiger partial charge on any atom is -0.497 e. The number of methoxy groups -OCH3 is 2. The monoisotopic (exact) mass is 1020 g/mol. The number of fused-ring (bicyclic) bond motifs is 1. The van der Waals surface area contributed by atoms with Crippen molar-refractivity contribution >= 4 is 37.4 Å². The van der Waals surface area contributed by atoms with E-state index in [0.29, 0.717) is 17.2 Å². The number of ether oxygens (including phenoxy) is 7. The second-order valence-electron chi connectivity index (χ2n) is 18.6. The Bertz CT molecular complexity index is 2700. The highest BCUT2D eigenvalue weighted by Gasteiger charge is 2.52. The number of nitrogens with one attached hydrogen (secondary N) is 1. The Balaban J connectivity index is 1.35. The first-order chi connectivity index (χ1) is 35.2. The van der Waals surface area contributed by atoms with Crippen LogP contribution in [0.3, 0.4) is 0 Å². The molecule has 0 aliphatic carbocycles. The minimum atomic E-state index is -1.93. The highest BCUT2D eigenvalue weighted by atomic mass is 31.2. The molecule has 1 fully saturated rings. The predicted molar refractivity (Wildman–Crippen MR) is 273 cm³/mol. The number of hydrogen-bond acceptors (Lipinski definition) is 16. The molecule has 1 amide bonds. The Kier molecular flexibility index (Phi) is 18.5. The number of hydrogen-bond donors (Lipinski definition) is 1. The quantitative estimate of drug-likeness (QED) is 0.0197. The lowest BCUT2D eigenvalue weighted by Gasteiger charge is -2.39. The second-order valence-corrected chi connectivity index (χ2v) is 20.0. The molecule has 1 aliphatic heterocycles. The Morgan fingerprint density at radius 3 is 1.99 bits per heavy atom. The van der Waals surface area contributed by atoms with Gasteiger partial charge in [-0.25, -0.2) is 19.6 Å². The van der Waals surface area contributed by atoms with Gasteiger partial charge in [-0.3, -0.25) is 14.2 Å². The maximum Gasteiger partial charge on any atom is 0.313 e. The molecule has 1 N–H and O–H groups in total. The van der Waals surface area contributed by atoms with Crippen LogP contribution in [0.2, 0.25) is 0 Å². The normalized spacial score (nSPS) is 17.4. The summed E-state index contributed by atoms with van der Waals surface area (Å²) in [4.78, 5) is 40.2. The van der Waals surface area contributed by atoms with Crippen LogP contribution in [0, 0.1) is 16.7 Å². The summed E-state index contributed by atoms with van der Waals surface area (Å²) in [6.45, 7) is 12.6. The summed E-state index contributed by atoms with van der Waals surface area (Å²) in [5.41, 5.74) is 0.811. The summed E-state index contributed by atoms with van der Waals surface area (Å²) in [7, 11) is 1.30. The van der Waals surface area contributed by atoms with E-state index in [1.807, 2.05) is 125 Å². The van der Waals surface area contributed by atoms with Gasteiger partial charge in [0.2, 0.25) is 0 Å². The molecular formula is C54H64N7O11P. The van der Waals surface area contributed by atoms with Crippen LogP contribution in [0.4, 0.5) is 5.82 Å². The van der Waals surface area contributed by atoms with Crippen molar-refractivity contribution in [3.8, 4) is 23.3 Å². The van der Waals surface area contributed by atoms with Gasteiger partial charge in [-0.15, -0.1) is 0 Å². The van der Waals surface area contributed by atoms with Gasteiger partial charge in [0, 0.05) is 12.1 Å². The molecule has 5 atom stereocenters. The molecule has 7 rings (SSSR count). The molecule has 2 aromatic heterocycles. The van der Waals surface area contributed by atoms with Gasteiger partial charge in [-0.2, -0.15) is 5.26 Å². The largest absolute Gasteiger partial charge is 0.497 e. The maximum atomic E-state index is 13.3. The zero-order valence-corrected chi connectivity index (χ0v) is 43.6. The summed E-state index contributed by atoms with van der Waals surface area (Å²) < 4.78 is 61.4. The van der Waals surface area contributed by atoms with E-state index >= 15 is 0 Å². The van der Waals surface area contributed by atoms with Crippen molar-refractivity contribution < 1.29 is 51.8 Å². The fourth-order valence-corrected chi connectivity index (χ4v) is 10.2. The van der Waals surface area contributed by atoms with Gasteiger partial charge in [-0.1, -0.05) is 72.8 Å². The molecular weight excluding hydrogens is 954 g/mol. The van der Waals surface area contributed by atoms with Gasteiger partial charge >= 0.3 is 5.97 Å². The van der Waals surface area contributed by atoms with Gasteiger partial charge in [0.1, 0.15) is 47.5 Å². The van der Waals surface area contributed by atoms with E-state index in [1.54, 1.807) is 51.7 Å². The number of aromatic nitrogens is 4. The number of para-hydroxylation sites is 1. The van der Waals surface area contributed by atoms with Crippen LogP contribution >= 0.6 is 8.53 Å². The molecule has 386 valence electrons. The lowest BCUT2D eigenvalue weighted by Crippen LogP contribution is -2.43. The van der Waals surface area contributed by atoms with Crippen molar-refractivity contribution in [2.24, 2.45) is 5.41 Å². The molecule has 1 aliphatic rings. The first-order valence-corrected chi connectivity index (χ1v) is 25.1. The number of carbonyl (C=O) groups excluding carboxylic acids is 2. The molecule has 0 radical (unpaired) electrons. The predicted octanol–water partition coefficient (Wildman–Crippen LogP) is 9.36. The van der Waals surface area contributed by atoms with Crippen LogP contribution in [0.15, 0.2) is 122 Å². The van der Waals surface area contributed by atoms with Crippen molar-refractivity contribution in [3.05, 3.63) is 139 Å². The Morgan fingerprint density at radius 1 is 0.808 bits per heavy atom. The third kappa shape index (κ3) is 13.0. The zero-order chi connectivity index (χ0) is 52.1. The van der Waals surface area contributed by atoms with Crippen LogP contribution in [-0.2, 0) is 43.2 Å². The van der Waals surface area contributed by atoms with Gasteiger partial charge < -0.3 is 47.5 Å². The van der Waals surface area contributed by atoms with E-state index in [0.717, 1.165) is 16.7 Å². The molecule has 4 aromatic carbocycles. The fraction of sp³-hybridized carbons (Fsp3) is 0.407. The van der Waals surface area contributed by atoms with E-state index < -0.39 is 62.8 Å². The average Bonchev–Trinajstić information content (AvgIpc) is 3.97. The van der Waals surface area contributed by atoms with E-state index in [1.165, 1.54) is 12.7 Å². The average molecular weight is 1020 g/mol. The topological polar surface area (TPSA) is 200 Å². The number of anilines is 1. The van der Waals surface area contributed by atoms with Crippen LogP contribution in [0.5, 0.6) is 17.2 Å². The molecule has 6 aromatic rings. The lowest BCUT2D eigenvalue weighted by molar-refractivity contribution is -0.178. The molecule has 0 bridgehead atoms. The Morgan fingerprint density at radius 2 is 1.41 bits per heavy atom. The van der Waals surface area contributed by atoms with E-state index in [9.17, 15) is 14.9 Å². The third-order valence-corrected chi connectivity index (χ3v) is 14.0. The van der Waals surface area contributed by atoms with Crippen LogP contribution in [0.25, 0.3) is 11.2 Å². The van der Waals surface area contributed by atoms with E-state index in [2.05, 4.69) is 31.0 Å². The highest BCUT2D eigenvalue weighted by molar-refractivity contribution is 7.44. The number of rotatable bonds is 24. The van der Waals surface area contributed by atoms with Crippen molar-refractivity contribution in [1.82, 2.24) is 24.2 Å². The van der Waals surface area contributed by atoms with E-state index in [4.69, 9.17) is 42.2 Å². The van der Waals surface area contributed by atoms with Crippen molar-refractivity contribution in [3.63, 3.8) is 0 Å². The number of benzene rings is 4. The summed E-state index contributed by atoms with van der Waals surface area (Å²) in [6.07, 6.45) is -1.17. The Hall–Kier alpha value is -6.55. The second kappa shape index (κ2) is 24.9. The molecule has 0 spiro atoms. The standard InChI is InChI=1S/C54H64N7O11P/c1-36(2)61(37(3)4)73(70-30-16-29-55)72-47-44(31-69-54(38-17-12-10-13-18-38,39-21-25-41(64-8)26-22-39)40-23-27-42(65-9)28-24-40)71-51(48(47)67-35-68-52(63)53(5,6)7)60-34-58-46-49(56-33-57-50(46)60)59-45(62)32-66-43-19-14-11-15-20-43/h10-15,17-28,33-34,36-37,44,47-48,51H,16,30-32,35H2,1-9H3,(H,56,57,59,62)/t44-,47-,48-,51-,73?/m1/s1. The summed E-state index contributed by atoms with van der Waals surface area (Å²) in [5.74, 6) is 1.03. The SMILES string of the molecule is COc1ccc(C(OC[C@H]2O[C@@H](n3cnc4c(NC(=O)COc5ccccc5)ncnc43)[C@H](OCOC(=O)C(C)(C)C)[C@@H]2OP(OCCC#N)N(C(C)C)C(C)C)(c2ccccc2)c2ccc(OC)cc2)cc1. The summed E-state index contributed by atoms with van der Waals surface area (Å²) >= 11 is 0. The fourth-order valence-electron chi connectivity index (χ4n) is 8.40. The van der Waals surface area contributed by atoms with Crippen LogP contribution in [-0.4, -0.2) is 107 Å². The van der Waals surface area contributed by atoms with Crippen molar-refractivity contribution in [2.75, 3.05) is 46.1 Å². The molecule has 1 unspecified atom stereocenters. The minimum absolute atomic E-state index is 0.0648. The van der Waals surface area contributed by atoms with Gasteiger partial charge in [0.15, 0.2) is 36.6 Å². The number of nitrogens with zero attached hydrogens (tertiary/aromatic N) is 6. The maximum absolute atomic E-state index is 13.3. The highest BCUT2D eigenvalue weighted by Crippen LogP contribution is 2.52. The van der Waals surface area contributed by atoms with Gasteiger partial charge in [0.25, 0.3) is 14.4 Å². The number of nitriles is 1. The summed E-state index contributed by atoms with van der Waals surface area (Å²) in [6, 6.07) is 36.3. The summed E-state index contributed by atoms with van der Waals surface area (Å²) in [5, 5.41) is 12.4. The van der Waals surface area contributed by atoms with Gasteiger partial charge in [-0.05, 0) is 102 Å². The molecule has 1 saturated heterocycles. The van der Waals surface area contributed by atoms with E-state index in [-0.39, 0.29) is 55.3 Å².